The predicted octanol–water partition coefficient (Wildman–Crippen LogP) is 29.4. The van der Waals surface area contributed by atoms with Crippen LogP contribution in [0.3, 0.4) is 0 Å². The van der Waals surface area contributed by atoms with E-state index in [1.54, 1.807) is 0 Å². The number of hydrogen-bond acceptors (Lipinski definition) is 3. The average molecular weight is 1430 g/mol. The number of nitrogens with zero attached hydrogens (tertiary/aromatic N) is 3. The smallest absolute Gasteiger partial charge is 0.0726 e. The summed E-state index contributed by atoms with van der Waals surface area (Å²) in [6.07, 6.45) is 0. The van der Waals surface area contributed by atoms with E-state index in [2.05, 4.69) is 449 Å². The maximum atomic E-state index is 2.54. The second-order valence-electron chi connectivity index (χ2n) is 31.5. The molecule has 3 nitrogen and oxygen atoms in total. The molecule has 0 saturated heterocycles. The molecule has 1 spiro atoms. The van der Waals surface area contributed by atoms with Gasteiger partial charge < -0.3 is 14.7 Å². The number of para-hydroxylation sites is 1. The van der Waals surface area contributed by atoms with Crippen molar-refractivity contribution in [3.8, 4) is 100 Å². The number of benzene rings is 17. The molecule has 0 aliphatic heterocycles. The summed E-state index contributed by atoms with van der Waals surface area (Å²) in [5, 5.41) is 0. The van der Waals surface area contributed by atoms with Crippen molar-refractivity contribution in [1.29, 1.82) is 0 Å². The Morgan fingerprint density at radius 3 is 0.929 bits per heavy atom. The van der Waals surface area contributed by atoms with Gasteiger partial charge in [0.05, 0.1) is 11.1 Å². The Morgan fingerprint density at radius 1 is 0.161 bits per heavy atom. The molecule has 3 heteroatoms. The van der Waals surface area contributed by atoms with Gasteiger partial charge in [0.2, 0.25) is 0 Å². The highest BCUT2D eigenvalue weighted by Crippen LogP contribution is 2.66. The lowest BCUT2D eigenvalue weighted by Gasteiger charge is -2.33. The Morgan fingerprint density at radius 2 is 0.464 bits per heavy atom. The SMILES string of the molecule is CC1(C)c2ccccc2-c2ccc(N(c3ccc(-c4ccccc4)cc3)c3cc(-c4cccc5c4-c4ccccc4C54c5ccccc5-c5ccc(N(c6ccc(-c7ccccc7)cc6)c6ccccc6-c6ccccc6)cc54)cc(N(c4ccc(-c5ccccc5)cc4)c4ccc5c(c4)C(C)(C)c4ccccc4-5)c3)cc21. The van der Waals surface area contributed by atoms with Crippen molar-refractivity contribution < 1.29 is 0 Å². The first kappa shape index (κ1) is 66.4. The van der Waals surface area contributed by atoms with Crippen LogP contribution in [0.1, 0.15) is 72.2 Å². The van der Waals surface area contributed by atoms with Gasteiger partial charge in [0.1, 0.15) is 0 Å². The van der Waals surface area contributed by atoms with E-state index >= 15 is 0 Å². The van der Waals surface area contributed by atoms with E-state index in [1.165, 1.54) is 111 Å². The fourth-order valence-corrected chi connectivity index (χ4v) is 19.4. The minimum Gasteiger partial charge on any atom is -0.310 e. The third kappa shape index (κ3) is 10.5. The van der Waals surface area contributed by atoms with Crippen molar-refractivity contribution in [3.63, 3.8) is 0 Å². The summed E-state index contributed by atoms with van der Waals surface area (Å²) in [5.74, 6) is 0. The second kappa shape index (κ2) is 26.2. The van der Waals surface area contributed by atoms with Gasteiger partial charge in [0.15, 0.2) is 0 Å². The minimum absolute atomic E-state index is 0.257. The van der Waals surface area contributed by atoms with E-state index in [-0.39, 0.29) is 10.8 Å². The van der Waals surface area contributed by atoms with E-state index in [4.69, 9.17) is 0 Å². The highest BCUT2D eigenvalue weighted by Gasteiger charge is 2.53. The lowest BCUT2D eigenvalue weighted by molar-refractivity contribution is 0.660. The summed E-state index contributed by atoms with van der Waals surface area (Å²) >= 11 is 0. The summed E-state index contributed by atoms with van der Waals surface area (Å²) in [5.41, 5.74) is 40.4. The normalized spacial score (nSPS) is 14.4. The van der Waals surface area contributed by atoms with Crippen LogP contribution in [0.5, 0.6) is 0 Å². The lowest BCUT2D eigenvalue weighted by atomic mass is 9.70. The molecule has 1 unspecified atom stereocenters. The molecule has 4 aliphatic carbocycles. The molecule has 1 atom stereocenters. The zero-order valence-corrected chi connectivity index (χ0v) is 63.0. The average Bonchev–Trinajstić information content (AvgIpc) is 1.50. The van der Waals surface area contributed by atoms with Crippen LogP contribution in [-0.2, 0) is 16.2 Å². The Hall–Kier alpha value is -13.9. The fraction of sp³-hybridized carbons (Fsp3) is 0.0642. The van der Waals surface area contributed by atoms with Gasteiger partial charge in [-0.2, -0.15) is 0 Å². The van der Waals surface area contributed by atoms with Crippen LogP contribution in [0.4, 0.5) is 51.2 Å². The summed E-state index contributed by atoms with van der Waals surface area (Å²) in [6.45, 7) is 9.57. The first-order valence-corrected chi connectivity index (χ1v) is 39.2. The molecule has 0 saturated carbocycles. The van der Waals surface area contributed by atoms with Crippen molar-refractivity contribution >= 4 is 51.2 Å². The first-order valence-electron chi connectivity index (χ1n) is 39.2. The third-order valence-corrected chi connectivity index (χ3v) is 24.7. The molecule has 21 rings (SSSR count). The topological polar surface area (TPSA) is 9.72 Å². The summed E-state index contributed by atoms with van der Waals surface area (Å²) in [6, 6.07) is 153. The van der Waals surface area contributed by atoms with E-state index in [0.717, 1.165) is 84.6 Å². The fourth-order valence-electron chi connectivity index (χ4n) is 19.4. The molecular formula is C109H79N3. The van der Waals surface area contributed by atoms with Gasteiger partial charge in [-0.05, 0) is 236 Å². The molecule has 0 N–H and O–H groups in total. The van der Waals surface area contributed by atoms with Gasteiger partial charge in [-0.3, -0.25) is 0 Å². The molecule has 17 aromatic rings. The molecule has 17 aromatic carbocycles. The number of fused-ring (bicyclic) bond motifs is 16. The van der Waals surface area contributed by atoms with Gasteiger partial charge in [0.25, 0.3) is 0 Å². The van der Waals surface area contributed by atoms with Gasteiger partial charge in [-0.15, -0.1) is 0 Å². The molecule has 0 amide bonds. The van der Waals surface area contributed by atoms with Crippen LogP contribution in [0.2, 0.25) is 0 Å². The molecule has 112 heavy (non-hydrogen) atoms. The van der Waals surface area contributed by atoms with Crippen LogP contribution in [0, 0.1) is 0 Å². The van der Waals surface area contributed by atoms with Crippen molar-refractivity contribution in [3.05, 3.63) is 451 Å². The largest absolute Gasteiger partial charge is 0.310 e. The predicted molar refractivity (Wildman–Crippen MR) is 469 cm³/mol. The Kier molecular flexibility index (Phi) is 15.5. The number of hydrogen-bond donors (Lipinski definition) is 0. The second-order valence-corrected chi connectivity index (χ2v) is 31.5. The Balaban J connectivity index is 0.815. The third-order valence-electron chi connectivity index (χ3n) is 24.7. The van der Waals surface area contributed by atoms with E-state index < -0.39 is 5.41 Å². The van der Waals surface area contributed by atoms with Gasteiger partial charge in [-0.25, -0.2) is 0 Å². The van der Waals surface area contributed by atoms with Crippen molar-refractivity contribution in [2.24, 2.45) is 0 Å². The van der Waals surface area contributed by atoms with Gasteiger partial charge in [0, 0.05) is 61.9 Å². The maximum Gasteiger partial charge on any atom is 0.0726 e. The van der Waals surface area contributed by atoms with Crippen LogP contribution < -0.4 is 14.7 Å². The summed E-state index contributed by atoms with van der Waals surface area (Å²) in [7, 11) is 0. The molecule has 0 fully saturated rings. The number of rotatable bonds is 14. The van der Waals surface area contributed by atoms with Crippen molar-refractivity contribution in [1.82, 2.24) is 0 Å². The molecule has 0 heterocycles. The highest BCUT2D eigenvalue weighted by atomic mass is 15.2. The summed E-state index contributed by atoms with van der Waals surface area (Å²) in [4.78, 5) is 7.55. The van der Waals surface area contributed by atoms with Crippen LogP contribution in [0.15, 0.2) is 406 Å². The lowest BCUT2D eigenvalue weighted by Crippen LogP contribution is -2.26. The minimum atomic E-state index is -0.727. The monoisotopic (exact) mass is 1430 g/mol. The Bertz CT molecular complexity index is 6330. The van der Waals surface area contributed by atoms with Crippen molar-refractivity contribution in [2.45, 2.75) is 43.9 Å². The van der Waals surface area contributed by atoms with Crippen LogP contribution in [-0.4, -0.2) is 0 Å². The molecule has 0 aromatic heterocycles. The van der Waals surface area contributed by atoms with E-state index in [9.17, 15) is 0 Å². The van der Waals surface area contributed by atoms with Crippen molar-refractivity contribution in [2.75, 3.05) is 14.7 Å². The zero-order valence-electron chi connectivity index (χ0n) is 63.0. The molecular weight excluding hydrogens is 1350 g/mol. The quantitative estimate of drug-likeness (QED) is 0.107. The molecule has 4 aliphatic rings. The zero-order chi connectivity index (χ0) is 74.8. The van der Waals surface area contributed by atoms with Gasteiger partial charge >= 0.3 is 0 Å². The van der Waals surface area contributed by atoms with E-state index in [1.807, 2.05) is 0 Å². The standard InChI is InChI=1S/C109H79N3/c1-107(2)97-42-22-17-37-90(97)93-63-60-83(69-102(93)107)110(80-54-48-75(49-55-80)72-28-9-5-10-29-72)86-66-79(67-87(68-86)111(81-56-50-76(51-57-81)73-30-11-6-12-31-73)84-61-64-94-91-38-18-23-43-98(91)108(3,4)103(94)70-84)89-41-27-46-101-106(89)96-40-20-25-45-100(96)109(101)99-44-24-19-39-92(99)95-65-62-85(71-104(95)109)112(82-58-52-77(53-59-82)74-32-13-7-14-33-74)105-47-26-21-36-88(105)78-34-15-8-16-35-78/h5-71H,1-4H3. The summed E-state index contributed by atoms with van der Waals surface area (Å²) < 4.78 is 0. The van der Waals surface area contributed by atoms with Crippen LogP contribution in [0.25, 0.3) is 100 Å². The number of anilines is 9. The first-order chi connectivity index (χ1) is 55.1. The van der Waals surface area contributed by atoms with E-state index in [0.29, 0.717) is 0 Å². The van der Waals surface area contributed by atoms with Gasteiger partial charge in [-0.1, -0.05) is 337 Å². The highest BCUT2D eigenvalue weighted by molar-refractivity contribution is 6.03. The molecule has 0 bridgehead atoms. The van der Waals surface area contributed by atoms with Crippen LogP contribution >= 0.6 is 0 Å². The maximum absolute atomic E-state index is 2.54. The molecule has 0 radical (unpaired) electrons. The molecule has 530 valence electrons. The Labute approximate surface area is 656 Å².